The van der Waals surface area contributed by atoms with Crippen molar-refractivity contribution in [1.29, 1.82) is 0 Å². The van der Waals surface area contributed by atoms with Gasteiger partial charge in [-0.25, -0.2) is 4.98 Å². The molecular weight excluding hydrogens is 419 g/mol. The van der Waals surface area contributed by atoms with Crippen LogP contribution in [0.3, 0.4) is 0 Å². The Balaban J connectivity index is 1.55. The number of ketones is 1. The fourth-order valence-corrected chi connectivity index (χ4v) is 3.31. The standard InChI is InChI=1S/C24H18F3N3O2/c1-32-18-7-4-16(5-8-18)19-14-28-13-17-6-9-20(30-23(17)19)21(31)10-2-15-3-11-22(29-12-15)24(25,26)27/h3-9,11-14H,2,10H2,1H3. The predicted octanol–water partition coefficient (Wildman–Crippen LogP) is 5.53. The number of fused-ring (bicyclic) bond motifs is 1. The van der Waals surface area contributed by atoms with Gasteiger partial charge in [-0.2, -0.15) is 13.2 Å². The van der Waals surface area contributed by atoms with Gasteiger partial charge >= 0.3 is 6.18 Å². The zero-order valence-electron chi connectivity index (χ0n) is 17.1. The lowest BCUT2D eigenvalue weighted by atomic mass is 10.0. The summed E-state index contributed by atoms with van der Waals surface area (Å²) < 4.78 is 43.1. The first-order valence-corrected chi connectivity index (χ1v) is 9.79. The molecule has 0 aliphatic carbocycles. The van der Waals surface area contributed by atoms with Gasteiger partial charge in [0.2, 0.25) is 0 Å². The highest BCUT2D eigenvalue weighted by molar-refractivity contribution is 5.99. The van der Waals surface area contributed by atoms with Gasteiger partial charge in [0.15, 0.2) is 5.78 Å². The van der Waals surface area contributed by atoms with Gasteiger partial charge in [-0.05, 0) is 47.9 Å². The Morgan fingerprint density at radius 2 is 1.75 bits per heavy atom. The van der Waals surface area contributed by atoms with E-state index in [-0.39, 0.29) is 18.6 Å². The lowest BCUT2D eigenvalue weighted by molar-refractivity contribution is -0.141. The molecule has 4 rings (SSSR count). The Morgan fingerprint density at radius 3 is 2.41 bits per heavy atom. The molecule has 8 heteroatoms. The van der Waals surface area contributed by atoms with Crippen molar-refractivity contribution in [3.8, 4) is 16.9 Å². The van der Waals surface area contributed by atoms with Crippen LogP contribution >= 0.6 is 0 Å². The Kier molecular flexibility index (Phi) is 5.85. The van der Waals surface area contributed by atoms with Crippen molar-refractivity contribution in [3.05, 3.63) is 84.1 Å². The number of pyridine rings is 3. The smallest absolute Gasteiger partial charge is 0.433 e. The number of carbonyl (C=O) groups excluding carboxylic acids is 1. The minimum Gasteiger partial charge on any atom is -0.497 e. The van der Waals surface area contributed by atoms with Gasteiger partial charge in [0, 0.05) is 36.0 Å². The quantitative estimate of drug-likeness (QED) is 0.371. The minimum absolute atomic E-state index is 0.106. The van der Waals surface area contributed by atoms with Gasteiger partial charge in [-0.3, -0.25) is 14.8 Å². The van der Waals surface area contributed by atoms with Crippen molar-refractivity contribution in [3.63, 3.8) is 0 Å². The Labute approximate surface area is 181 Å². The summed E-state index contributed by atoms with van der Waals surface area (Å²) in [6.07, 6.45) is 0.411. The monoisotopic (exact) mass is 437 g/mol. The third kappa shape index (κ3) is 4.59. The molecule has 0 unspecified atom stereocenters. The van der Waals surface area contributed by atoms with Crippen molar-refractivity contribution < 1.29 is 22.7 Å². The average molecular weight is 437 g/mol. The summed E-state index contributed by atoms with van der Waals surface area (Å²) in [6.45, 7) is 0. The molecule has 0 aliphatic rings. The minimum atomic E-state index is -4.49. The maximum absolute atomic E-state index is 12.7. The molecule has 0 spiro atoms. The van der Waals surface area contributed by atoms with Crippen LogP contribution in [-0.2, 0) is 12.6 Å². The summed E-state index contributed by atoms with van der Waals surface area (Å²) in [5, 5.41) is 0.793. The summed E-state index contributed by atoms with van der Waals surface area (Å²) in [4.78, 5) is 25.0. The molecule has 0 aliphatic heterocycles. The number of alkyl halides is 3. The predicted molar refractivity (Wildman–Crippen MR) is 113 cm³/mol. The molecule has 3 aromatic heterocycles. The number of aryl methyl sites for hydroxylation is 1. The van der Waals surface area contributed by atoms with Crippen LogP contribution in [0, 0.1) is 0 Å². The second-order valence-corrected chi connectivity index (χ2v) is 7.16. The molecule has 0 N–H and O–H groups in total. The number of benzene rings is 1. The van der Waals surface area contributed by atoms with Gasteiger partial charge < -0.3 is 4.74 Å². The fourth-order valence-electron chi connectivity index (χ4n) is 3.31. The van der Waals surface area contributed by atoms with Gasteiger partial charge in [0.05, 0.1) is 12.6 Å². The van der Waals surface area contributed by atoms with Gasteiger partial charge in [0.25, 0.3) is 0 Å². The molecule has 0 saturated heterocycles. The zero-order chi connectivity index (χ0) is 22.7. The molecule has 1 aromatic carbocycles. The first-order valence-electron chi connectivity index (χ1n) is 9.79. The summed E-state index contributed by atoms with van der Waals surface area (Å²) in [6, 6.07) is 13.1. The number of Topliss-reactive ketones (excluding diaryl/α,β-unsaturated/α-hetero) is 1. The van der Waals surface area contributed by atoms with Crippen LogP contribution in [0.25, 0.3) is 22.0 Å². The lowest BCUT2D eigenvalue weighted by Crippen LogP contribution is -2.08. The van der Waals surface area contributed by atoms with Crippen molar-refractivity contribution in [2.75, 3.05) is 7.11 Å². The van der Waals surface area contributed by atoms with Crippen LogP contribution in [0.5, 0.6) is 5.75 Å². The van der Waals surface area contributed by atoms with Crippen molar-refractivity contribution in [2.45, 2.75) is 19.0 Å². The molecular formula is C24H18F3N3O2. The maximum Gasteiger partial charge on any atom is 0.433 e. The van der Waals surface area contributed by atoms with E-state index in [0.717, 1.165) is 34.5 Å². The highest BCUT2D eigenvalue weighted by atomic mass is 19.4. The fraction of sp³-hybridized carbons (Fsp3) is 0.167. The van der Waals surface area contributed by atoms with Gasteiger partial charge in [-0.1, -0.05) is 18.2 Å². The molecule has 5 nitrogen and oxygen atoms in total. The average Bonchev–Trinajstić information content (AvgIpc) is 2.81. The largest absolute Gasteiger partial charge is 0.497 e. The molecule has 32 heavy (non-hydrogen) atoms. The number of aromatic nitrogens is 3. The summed E-state index contributed by atoms with van der Waals surface area (Å²) in [7, 11) is 1.59. The molecule has 162 valence electrons. The maximum atomic E-state index is 12.7. The first kappa shape index (κ1) is 21.4. The number of halogens is 3. The van der Waals surface area contributed by atoms with E-state index >= 15 is 0 Å². The second kappa shape index (κ2) is 8.74. The highest BCUT2D eigenvalue weighted by Crippen LogP contribution is 2.29. The molecule has 4 aromatic rings. The first-order chi connectivity index (χ1) is 15.3. The summed E-state index contributed by atoms with van der Waals surface area (Å²) in [5.41, 5.74) is 2.20. The van der Waals surface area contributed by atoms with Crippen LogP contribution in [0.15, 0.2) is 67.1 Å². The van der Waals surface area contributed by atoms with Crippen LogP contribution in [-0.4, -0.2) is 27.8 Å². The van der Waals surface area contributed by atoms with Crippen LogP contribution < -0.4 is 4.74 Å². The Bertz CT molecular complexity index is 1250. The molecule has 0 amide bonds. The Hall–Kier alpha value is -3.81. The summed E-state index contributed by atoms with van der Waals surface area (Å²) >= 11 is 0. The highest BCUT2D eigenvalue weighted by Gasteiger charge is 2.32. The number of methoxy groups -OCH3 is 1. The third-order valence-electron chi connectivity index (χ3n) is 5.04. The number of nitrogens with zero attached hydrogens (tertiary/aromatic N) is 3. The van der Waals surface area contributed by atoms with E-state index in [9.17, 15) is 18.0 Å². The number of ether oxygens (including phenoxy) is 1. The third-order valence-corrected chi connectivity index (χ3v) is 5.04. The van der Waals surface area contributed by atoms with E-state index < -0.39 is 11.9 Å². The molecule has 0 radical (unpaired) electrons. The SMILES string of the molecule is COc1ccc(-c2cncc3ccc(C(=O)CCc4ccc(C(F)(F)F)nc4)nc23)cc1. The van der Waals surface area contributed by atoms with Crippen LogP contribution in [0.2, 0.25) is 0 Å². The van der Waals surface area contributed by atoms with E-state index in [0.29, 0.717) is 16.8 Å². The number of rotatable bonds is 6. The number of hydrogen-bond acceptors (Lipinski definition) is 5. The van der Waals surface area contributed by atoms with Crippen LogP contribution in [0.4, 0.5) is 13.2 Å². The van der Waals surface area contributed by atoms with Crippen molar-refractivity contribution in [1.82, 2.24) is 15.0 Å². The van der Waals surface area contributed by atoms with Gasteiger partial charge in [-0.15, -0.1) is 0 Å². The Morgan fingerprint density at radius 1 is 0.969 bits per heavy atom. The van der Waals surface area contributed by atoms with Crippen LogP contribution in [0.1, 0.15) is 28.2 Å². The van der Waals surface area contributed by atoms with E-state index in [4.69, 9.17) is 4.74 Å². The van der Waals surface area contributed by atoms with E-state index in [2.05, 4.69) is 15.0 Å². The normalized spacial score (nSPS) is 11.5. The molecule has 0 atom stereocenters. The zero-order valence-corrected chi connectivity index (χ0v) is 17.1. The van der Waals surface area contributed by atoms with Crippen molar-refractivity contribution >= 4 is 16.7 Å². The molecule has 3 heterocycles. The van der Waals surface area contributed by atoms with E-state index in [1.165, 1.54) is 6.07 Å². The molecule has 0 fully saturated rings. The molecule has 0 bridgehead atoms. The number of hydrogen-bond donors (Lipinski definition) is 0. The second-order valence-electron chi connectivity index (χ2n) is 7.16. The topological polar surface area (TPSA) is 65.0 Å². The summed E-state index contributed by atoms with van der Waals surface area (Å²) in [5.74, 6) is 0.521. The van der Waals surface area contributed by atoms with E-state index in [1.54, 1.807) is 31.6 Å². The lowest BCUT2D eigenvalue weighted by Gasteiger charge is -2.09. The van der Waals surface area contributed by atoms with E-state index in [1.807, 2.05) is 24.3 Å². The van der Waals surface area contributed by atoms with Gasteiger partial charge in [0.1, 0.15) is 17.1 Å². The molecule has 0 saturated carbocycles. The van der Waals surface area contributed by atoms with Crippen molar-refractivity contribution in [2.24, 2.45) is 0 Å². The number of carbonyl (C=O) groups is 1.